The van der Waals surface area contributed by atoms with Gasteiger partial charge in [0.1, 0.15) is 5.54 Å². The third-order valence-corrected chi connectivity index (χ3v) is 4.04. The van der Waals surface area contributed by atoms with E-state index in [0.29, 0.717) is 0 Å². The summed E-state index contributed by atoms with van der Waals surface area (Å²) >= 11 is 0. The van der Waals surface area contributed by atoms with E-state index in [1.165, 1.54) is 22.3 Å². The number of nitriles is 1. The summed E-state index contributed by atoms with van der Waals surface area (Å²) in [4.78, 5) is 0. The van der Waals surface area contributed by atoms with Gasteiger partial charge in [0.2, 0.25) is 0 Å². The van der Waals surface area contributed by atoms with Gasteiger partial charge in [0.25, 0.3) is 0 Å². The molecule has 19 heavy (non-hydrogen) atoms. The minimum atomic E-state index is -0.481. The Bertz CT molecular complexity index is 505. The minimum absolute atomic E-state index is 0.0106. The Balaban J connectivity index is 3.02. The number of hydrogen-bond donors (Lipinski definition) is 1. The van der Waals surface area contributed by atoms with Gasteiger partial charge in [0.05, 0.1) is 6.07 Å². The van der Waals surface area contributed by atoms with Crippen LogP contribution in [0.25, 0.3) is 0 Å². The van der Waals surface area contributed by atoms with E-state index in [9.17, 15) is 0 Å². The number of nitrogens with one attached hydrogen (secondary N) is 1. The van der Waals surface area contributed by atoms with E-state index >= 15 is 0 Å². The number of rotatable bonds is 4. The molecule has 0 saturated heterocycles. The lowest BCUT2D eigenvalue weighted by molar-refractivity contribution is 0.396. The van der Waals surface area contributed by atoms with E-state index in [1.54, 1.807) is 0 Å². The molecule has 2 heteroatoms. The molecular weight excluding hydrogens is 232 g/mol. The second-order valence-electron chi connectivity index (χ2n) is 6.65. The van der Waals surface area contributed by atoms with Gasteiger partial charge in [-0.3, -0.25) is 5.32 Å². The average Bonchev–Trinajstić information content (AvgIpc) is 2.34. The average molecular weight is 258 g/mol. The summed E-state index contributed by atoms with van der Waals surface area (Å²) < 4.78 is 0. The summed E-state index contributed by atoms with van der Waals surface area (Å²) in [5, 5.41) is 12.4. The highest BCUT2D eigenvalue weighted by Gasteiger charge is 2.26. The molecule has 0 aliphatic heterocycles. The predicted molar refractivity (Wildman–Crippen MR) is 81.4 cm³/mol. The molecule has 1 aromatic carbocycles. The van der Waals surface area contributed by atoms with Crippen LogP contribution in [0.2, 0.25) is 0 Å². The summed E-state index contributed by atoms with van der Waals surface area (Å²) in [7, 11) is 0. The molecule has 0 atom stereocenters. The molecule has 0 bridgehead atoms. The van der Waals surface area contributed by atoms with Crippen molar-refractivity contribution in [2.75, 3.05) is 6.54 Å². The lowest BCUT2D eigenvalue weighted by Crippen LogP contribution is -2.45. The zero-order valence-electron chi connectivity index (χ0n) is 13.3. The van der Waals surface area contributed by atoms with Crippen molar-refractivity contribution in [2.45, 2.75) is 59.4 Å². The predicted octanol–water partition coefficient (Wildman–Crippen LogP) is 3.78. The highest BCUT2D eigenvalue weighted by atomic mass is 15.0. The lowest BCUT2D eigenvalue weighted by atomic mass is 9.79. The van der Waals surface area contributed by atoms with E-state index in [4.69, 9.17) is 5.26 Å². The van der Waals surface area contributed by atoms with Gasteiger partial charge in [-0.25, -0.2) is 0 Å². The zero-order chi connectivity index (χ0) is 14.8. The summed E-state index contributed by atoms with van der Waals surface area (Å²) in [6.45, 7) is 15.6. The van der Waals surface area contributed by atoms with Gasteiger partial charge in [-0.05, 0) is 56.9 Å². The standard InChI is InChI=1S/C17H26N2/c1-12-8-9-15(14(3)13(12)2)16(4,5)11-19-17(6,7)10-18/h8-9,19H,11H2,1-7H3. The van der Waals surface area contributed by atoms with Crippen LogP contribution in [-0.2, 0) is 5.41 Å². The molecular formula is C17H26N2. The molecule has 0 unspecified atom stereocenters. The maximum Gasteiger partial charge on any atom is 0.101 e. The van der Waals surface area contributed by atoms with Gasteiger partial charge in [0.15, 0.2) is 0 Å². The zero-order valence-corrected chi connectivity index (χ0v) is 13.3. The van der Waals surface area contributed by atoms with Crippen LogP contribution >= 0.6 is 0 Å². The van der Waals surface area contributed by atoms with Gasteiger partial charge in [-0.15, -0.1) is 0 Å². The molecule has 0 radical (unpaired) electrons. The van der Waals surface area contributed by atoms with Crippen molar-refractivity contribution >= 4 is 0 Å². The highest BCUT2D eigenvalue weighted by molar-refractivity contribution is 5.42. The van der Waals surface area contributed by atoms with Gasteiger partial charge < -0.3 is 0 Å². The molecule has 0 aromatic heterocycles. The molecule has 0 amide bonds. The van der Waals surface area contributed by atoms with Crippen molar-refractivity contribution in [3.05, 3.63) is 34.4 Å². The second-order valence-corrected chi connectivity index (χ2v) is 6.65. The Labute approximate surface area is 117 Å². The molecule has 0 aliphatic carbocycles. The van der Waals surface area contributed by atoms with E-state index in [0.717, 1.165) is 6.54 Å². The molecule has 104 valence electrons. The van der Waals surface area contributed by atoms with E-state index < -0.39 is 5.54 Å². The number of hydrogen-bond acceptors (Lipinski definition) is 2. The maximum atomic E-state index is 9.08. The first-order valence-electron chi connectivity index (χ1n) is 6.84. The molecule has 0 aliphatic rings. The van der Waals surface area contributed by atoms with Gasteiger partial charge >= 0.3 is 0 Å². The molecule has 2 nitrogen and oxygen atoms in total. The van der Waals surface area contributed by atoms with Crippen LogP contribution in [0.4, 0.5) is 0 Å². The Kier molecular flexibility index (Phi) is 4.43. The number of benzene rings is 1. The van der Waals surface area contributed by atoms with Crippen LogP contribution in [0.15, 0.2) is 12.1 Å². The number of aryl methyl sites for hydroxylation is 1. The monoisotopic (exact) mass is 258 g/mol. The quantitative estimate of drug-likeness (QED) is 0.892. The molecule has 0 saturated carbocycles. The first kappa shape index (κ1) is 15.7. The van der Waals surface area contributed by atoms with Gasteiger partial charge in [-0.2, -0.15) is 5.26 Å². The second kappa shape index (κ2) is 5.35. The van der Waals surface area contributed by atoms with Crippen molar-refractivity contribution in [1.82, 2.24) is 5.32 Å². The molecule has 0 heterocycles. The lowest BCUT2D eigenvalue weighted by Gasteiger charge is -2.31. The third-order valence-electron chi connectivity index (χ3n) is 4.04. The molecule has 1 N–H and O–H groups in total. The Morgan fingerprint density at radius 3 is 2.16 bits per heavy atom. The fourth-order valence-electron chi connectivity index (χ4n) is 2.27. The molecule has 1 aromatic rings. The van der Waals surface area contributed by atoms with Crippen molar-refractivity contribution in [3.63, 3.8) is 0 Å². The molecule has 0 fully saturated rings. The minimum Gasteiger partial charge on any atom is -0.299 e. The first-order valence-corrected chi connectivity index (χ1v) is 6.84. The number of nitrogens with zero attached hydrogens (tertiary/aromatic N) is 1. The maximum absolute atomic E-state index is 9.08. The Morgan fingerprint density at radius 1 is 1.05 bits per heavy atom. The summed E-state index contributed by atoms with van der Waals surface area (Å²) in [6, 6.07) is 6.70. The fourth-order valence-corrected chi connectivity index (χ4v) is 2.27. The van der Waals surface area contributed by atoms with Crippen molar-refractivity contribution in [1.29, 1.82) is 5.26 Å². The largest absolute Gasteiger partial charge is 0.299 e. The van der Waals surface area contributed by atoms with Crippen LogP contribution in [0.5, 0.6) is 0 Å². The first-order chi connectivity index (χ1) is 8.60. The summed E-state index contributed by atoms with van der Waals surface area (Å²) in [6.07, 6.45) is 0. The van der Waals surface area contributed by atoms with Crippen molar-refractivity contribution in [3.8, 4) is 6.07 Å². The Morgan fingerprint density at radius 2 is 1.63 bits per heavy atom. The van der Waals surface area contributed by atoms with Crippen LogP contribution in [0.1, 0.15) is 49.9 Å². The van der Waals surface area contributed by atoms with Crippen molar-refractivity contribution < 1.29 is 0 Å². The molecule has 0 spiro atoms. The fraction of sp³-hybridized carbons (Fsp3) is 0.588. The van der Waals surface area contributed by atoms with Crippen LogP contribution in [0.3, 0.4) is 0 Å². The summed E-state index contributed by atoms with van der Waals surface area (Å²) in [5.41, 5.74) is 4.95. The van der Waals surface area contributed by atoms with Crippen LogP contribution in [0, 0.1) is 32.1 Å². The van der Waals surface area contributed by atoms with Crippen molar-refractivity contribution in [2.24, 2.45) is 0 Å². The SMILES string of the molecule is Cc1ccc(C(C)(C)CNC(C)(C)C#N)c(C)c1C. The highest BCUT2D eigenvalue weighted by Crippen LogP contribution is 2.29. The van der Waals surface area contributed by atoms with E-state index in [2.05, 4.69) is 58.1 Å². The van der Waals surface area contributed by atoms with Crippen LogP contribution in [-0.4, -0.2) is 12.1 Å². The topological polar surface area (TPSA) is 35.8 Å². The van der Waals surface area contributed by atoms with Gasteiger partial charge in [-0.1, -0.05) is 26.0 Å². The van der Waals surface area contributed by atoms with Crippen LogP contribution < -0.4 is 5.32 Å². The van der Waals surface area contributed by atoms with Gasteiger partial charge in [0, 0.05) is 12.0 Å². The van der Waals surface area contributed by atoms with E-state index in [1.807, 2.05) is 13.8 Å². The summed E-state index contributed by atoms with van der Waals surface area (Å²) in [5.74, 6) is 0. The molecule has 1 rings (SSSR count). The van der Waals surface area contributed by atoms with E-state index in [-0.39, 0.29) is 5.41 Å². The normalized spacial score (nSPS) is 12.3. The Hall–Kier alpha value is -1.33. The smallest absolute Gasteiger partial charge is 0.101 e. The third kappa shape index (κ3) is 3.58.